The number of aromatic nitrogens is 8. The molecule has 0 unspecified atom stereocenters. The Morgan fingerprint density at radius 1 is 0.340 bits per heavy atom. The molecule has 0 saturated carbocycles. The van der Waals surface area contributed by atoms with Crippen LogP contribution < -0.4 is 9.80 Å². The first kappa shape index (κ1) is 26.1. The molecule has 0 amide bonds. The molecule has 0 fully saturated rings. The molecule has 11 heteroatoms. The quantitative estimate of drug-likeness (QED) is 0.183. The minimum absolute atomic E-state index is 0.936. The Morgan fingerprint density at radius 2 is 0.681 bits per heavy atom. The first-order chi connectivity index (χ1) is 23.3. The third-order valence-corrected chi connectivity index (χ3v) is 16.6. The van der Waals surface area contributed by atoms with Crippen molar-refractivity contribution in [1.82, 2.24) is 35.0 Å². The van der Waals surface area contributed by atoms with Crippen molar-refractivity contribution in [1.29, 1.82) is 0 Å². The van der Waals surface area contributed by atoms with Crippen LogP contribution in [0.15, 0.2) is 158 Å². The van der Waals surface area contributed by atoms with Crippen molar-refractivity contribution in [2.75, 3.05) is 9.80 Å². The van der Waals surface area contributed by atoms with Crippen LogP contribution >= 0.6 is 0 Å². The van der Waals surface area contributed by atoms with Crippen LogP contribution in [0.1, 0.15) is 0 Å². The van der Waals surface area contributed by atoms with Crippen LogP contribution in [0.3, 0.4) is 0 Å². The van der Waals surface area contributed by atoms with Gasteiger partial charge in [-0.05, 0) is 0 Å². The van der Waals surface area contributed by atoms with Gasteiger partial charge in [0, 0.05) is 0 Å². The predicted molar refractivity (Wildman–Crippen MR) is 184 cm³/mol. The third kappa shape index (κ3) is 3.61. The summed E-state index contributed by atoms with van der Waals surface area (Å²) >= 11 is -4.18. The van der Waals surface area contributed by atoms with E-state index in [2.05, 4.69) is 146 Å². The van der Waals surface area contributed by atoms with Gasteiger partial charge in [0.1, 0.15) is 0 Å². The molecule has 0 aliphatic carbocycles. The van der Waals surface area contributed by atoms with Crippen LogP contribution in [0.2, 0.25) is 0 Å². The van der Waals surface area contributed by atoms with Gasteiger partial charge in [-0.1, -0.05) is 0 Å². The Morgan fingerprint density at radius 3 is 1.04 bits per heavy atom. The number of nitrogens with zero attached hydrogens (tertiary/aromatic N) is 10. The fraction of sp³-hybridized carbons (Fsp3) is 0. The van der Waals surface area contributed by atoms with Gasteiger partial charge in [0.2, 0.25) is 0 Å². The van der Waals surface area contributed by atoms with E-state index in [0.717, 1.165) is 56.9 Å². The topological polar surface area (TPSA) is 77.8 Å². The van der Waals surface area contributed by atoms with Crippen LogP contribution in [0, 0.1) is 0 Å². The molecule has 10 rings (SSSR count). The Labute approximate surface area is 273 Å². The van der Waals surface area contributed by atoms with Crippen LogP contribution in [0.5, 0.6) is 0 Å². The number of hydrogen-bond donors (Lipinski definition) is 0. The zero-order valence-corrected chi connectivity index (χ0v) is 27.1. The molecule has 4 aromatic carbocycles. The summed E-state index contributed by atoms with van der Waals surface area (Å²) in [7, 11) is 0. The Kier molecular flexibility index (Phi) is 5.52. The summed E-state index contributed by atoms with van der Waals surface area (Å²) in [6.45, 7) is 0. The Hall–Kier alpha value is -6.14. The maximum absolute atomic E-state index is 5.03. The van der Waals surface area contributed by atoms with E-state index in [4.69, 9.17) is 20.4 Å². The average molecular weight is 671 g/mol. The molecule has 8 aromatic rings. The molecule has 0 atom stereocenters. The summed E-state index contributed by atoms with van der Waals surface area (Å²) in [5, 5.41) is 20.1. The van der Waals surface area contributed by atoms with E-state index < -0.39 is 14.2 Å². The van der Waals surface area contributed by atoms with Crippen molar-refractivity contribution in [2.45, 2.75) is 0 Å². The normalized spacial score (nSPS) is 14.0. The molecule has 10 nitrogen and oxygen atoms in total. The van der Waals surface area contributed by atoms with Gasteiger partial charge >= 0.3 is 274 Å². The molecule has 6 heterocycles. The maximum atomic E-state index is 5.03. The SMILES string of the molecule is c1ccc(-c2cccc(N3c4ccn[n]4[Ge]4([n]5nccc53)[n]3nccc3N(c3cccc(-c5ccccc5)c3)c3ccn[n]34)c2)cc1. The molecular weight excluding hydrogens is 645 g/mol. The van der Waals surface area contributed by atoms with E-state index in [9.17, 15) is 0 Å². The zero-order valence-electron chi connectivity index (χ0n) is 25.0. The van der Waals surface area contributed by atoms with Gasteiger partial charge in [-0.15, -0.1) is 0 Å². The van der Waals surface area contributed by atoms with Crippen LogP contribution in [-0.2, 0) is 0 Å². The second-order valence-corrected chi connectivity index (χ2v) is 17.6. The van der Waals surface area contributed by atoms with Gasteiger partial charge < -0.3 is 0 Å². The standard InChI is InChI=1S/C36H26GeN10/c1-3-9-27(10-4-1)29-13-7-15-31(25-29)42-33-17-21-38-44(33)37(45-34(42)18-22-39-45)46-35(19-23-40-46)43(36-20-24-41-47(36)37)32-16-8-14-30(26-32)28-11-5-2-6-12-28/h1-26H. The van der Waals surface area contributed by atoms with Crippen LogP contribution in [-0.4, -0.2) is 49.1 Å². The van der Waals surface area contributed by atoms with E-state index in [0.29, 0.717) is 0 Å². The fourth-order valence-electron chi connectivity index (χ4n) is 7.00. The van der Waals surface area contributed by atoms with Crippen molar-refractivity contribution in [2.24, 2.45) is 0 Å². The van der Waals surface area contributed by atoms with Crippen molar-refractivity contribution < 1.29 is 0 Å². The number of hydrogen-bond acceptors (Lipinski definition) is 6. The number of rotatable bonds is 4. The van der Waals surface area contributed by atoms with E-state index in [1.807, 2.05) is 36.9 Å². The first-order valence-electron chi connectivity index (χ1n) is 15.4. The molecule has 0 radical (unpaired) electrons. The Balaban J connectivity index is 1.17. The van der Waals surface area contributed by atoms with E-state index in [1.165, 1.54) is 0 Å². The first-order valence-corrected chi connectivity index (χ1v) is 19.2. The fourth-order valence-corrected chi connectivity index (χ4v) is 15.2. The van der Waals surface area contributed by atoms with Gasteiger partial charge in [0.25, 0.3) is 0 Å². The van der Waals surface area contributed by atoms with Crippen molar-refractivity contribution in [3.63, 3.8) is 0 Å². The molecular formula is C36H26GeN10. The average Bonchev–Trinajstić information content (AvgIpc) is 3.97. The van der Waals surface area contributed by atoms with Crippen LogP contribution in [0.4, 0.5) is 34.6 Å². The van der Waals surface area contributed by atoms with Gasteiger partial charge in [-0.3, -0.25) is 0 Å². The summed E-state index contributed by atoms with van der Waals surface area (Å²) in [6.07, 6.45) is 7.46. The molecule has 2 aliphatic rings. The van der Waals surface area contributed by atoms with E-state index in [1.54, 1.807) is 0 Å². The number of anilines is 6. The van der Waals surface area contributed by atoms with Crippen molar-refractivity contribution in [3.8, 4) is 22.3 Å². The molecule has 47 heavy (non-hydrogen) atoms. The Bertz CT molecular complexity index is 2150. The monoisotopic (exact) mass is 672 g/mol. The number of benzene rings is 4. The summed E-state index contributed by atoms with van der Waals surface area (Å²) < 4.78 is 8.56. The second kappa shape index (κ2) is 9.93. The predicted octanol–water partition coefficient (Wildman–Crippen LogP) is 7.30. The van der Waals surface area contributed by atoms with E-state index in [-0.39, 0.29) is 0 Å². The van der Waals surface area contributed by atoms with Gasteiger partial charge in [-0.2, -0.15) is 0 Å². The molecule has 0 bridgehead atoms. The molecule has 0 saturated heterocycles. The van der Waals surface area contributed by atoms with Gasteiger partial charge in [0.15, 0.2) is 0 Å². The third-order valence-electron chi connectivity index (χ3n) is 8.97. The molecule has 0 N–H and O–H groups in total. The molecule has 4 aromatic heterocycles. The second-order valence-electron chi connectivity index (χ2n) is 11.5. The molecule has 1 spiro atoms. The molecule has 224 valence electrons. The van der Waals surface area contributed by atoms with E-state index >= 15 is 0 Å². The minimum atomic E-state index is -4.18. The van der Waals surface area contributed by atoms with Crippen LogP contribution in [0.25, 0.3) is 22.3 Å². The summed E-state index contributed by atoms with van der Waals surface area (Å²) in [4.78, 5) is 4.45. The molecule has 2 aliphatic heterocycles. The zero-order chi connectivity index (χ0) is 31.0. The number of fused-ring (bicyclic) bond motifs is 8. The van der Waals surface area contributed by atoms with Crippen molar-refractivity contribution >= 4 is 48.8 Å². The summed E-state index contributed by atoms with van der Waals surface area (Å²) in [5.41, 5.74) is 6.63. The summed E-state index contributed by atoms with van der Waals surface area (Å²) in [6, 6.07) is 46.4. The van der Waals surface area contributed by atoms with Crippen molar-refractivity contribution in [3.05, 3.63) is 158 Å². The van der Waals surface area contributed by atoms with Gasteiger partial charge in [-0.25, -0.2) is 0 Å². The summed E-state index contributed by atoms with van der Waals surface area (Å²) in [5.74, 6) is 3.74. The van der Waals surface area contributed by atoms with Gasteiger partial charge in [0.05, 0.1) is 0 Å².